The number of hydrogen-bond donors (Lipinski definition) is 2. The average molecular weight is 327 g/mol. The van der Waals surface area contributed by atoms with Gasteiger partial charge in [0.05, 0.1) is 12.1 Å². The third-order valence-corrected chi connectivity index (χ3v) is 4.14. The number of halogens is 1. The molecule has 2 unspecified atom stereocenters. The fraction of sp³-hybridized carbons (Fsp3) is 0.500. The maximum Gasteiger partial charge on any atom is 0.254 e. The quantitative estimate of drug-likeness (QED) is 0.820. The fourth-order valence-corrected chi connectivity index (χ4v) is 3.14. The van der Waals surface area contributed by atoms with Crippen LogP contribution in [0.2, 0.25) is 0 Å². The molecular formula is C14H19BrN2O2. The Morgan fingerprint density at radius 2 is 2.05 bits per heavy atom. The zero-order valence-electron chi connectivity index (χ0n) is 11.0. The van der Waals surface area contributed by atoms with E-state index in [1.807, 2.05) is 0 Å². The molecule has 0 aliphatic heterocycles. The molecule has 1 saturated carbocycles. The number of nitrogens with zero attached hydrogens (tertiary/aromatic N) is 1. The Balaban J connectivity index is 2.18. The average Bonchev–Trinajstić information content (AvgIpc) is 2.36. The zero-order valence-corrected chi connectivity index (χ0v) is 12.6. The van der Waals surface area contributed by atoms with Crippen LogP contribution in [0, 0.1) is 0 Å². The predicted octanol–water partition coefficient (Wildman–Crippen LogP) is 2.41. The molecule has 3 N–H and O–H groups in total. The summed E-state index contributed by atoms with van der Waals surface area (Å²) in [5.74, 6) is -0.0982. The van der Waals surface area contributed by atoms with E-state index in [1.165, 1.54) is 0 Å². The van der Waals surface area contributed by atoms with E-state index in [0.717, 1.165) is 30.2 Å². The van der Waals surface area contributed by atoms with Crippen LogP contribution >= 0.6 is 15.9 Å². The normalized spacial score (nSPS) is 23.1. The number of aliphatic hydroxyl groups excluding tert-OH is 1. The highest BCUT2D eigenvalue weighted by Crippen LogP contribution is 2.25. The molecule has 1 amide bonds. The Bertz CT molecular complexity index is 458. The first-order valence-electron chi connectivity index (χ1n) is 6.50. The van der Waals surface area contributed by atoms with Gasteiger partial charge >= 0.3 is 0 Å². The van der Waals surface area contributed by atoms with Crippen LogP contribution in [0.1, 0.15) is 36.0 Å². The molecule has 0 heterocycles. The van der Waals surface area contributed by atoms with Crippen LogP contribution in [0.15, 0.2) is 22.7 Å². The molecule has 5 heteroatoms. The second-order valence-corrected chi connectivity index (χ2v) is 6.02. The molecule has 1 aromatic carbocycles. The van der Waals surface area contributed by atoms with Crippen LogP contribution in [0.5, 0.6) is 0 Å². The summed E-state index contributed by atoms with van der Waals surface area (Å²) in [5.41, 5.74) is 6.85. The minimum Gasteiger partial charge on any atom is -0.399 e. The second-order valence-electron chi connectivity index (χ2n) is 5.11. The maximum atomic E-state index is 12.4. The predicted molar refractivity (Wildman–Crippen MR) is 78.9 cm³/mol. The molecule has 1 fully saturated rings. The number of nitrogens with two attached hydrogens (primary N) is 1. The van der Waals surface area contributed by atoms with E-state index >= 15 is 0 Å². The lowest BCUT2D eigenvalue weighted by atomic mass is 9.91. The van der Waals surface area contributed by atoms with Gasteiger partial charge in [-0.2, -0.15) is 0 Å². The molecule has 0 saturated heterocycles. The second kappa shape index (κ2) is 5.92. The fourth-order valence-electron chi connectivity index (χ4n) is 2.63. The number of likely N-dealkylation sites (N-methyl/N-ethyl adjacent to an activating group) is 1. The van der Waals surface area contributed by atoms with Crippen LogP contribution in [0.4, 0.5) is 5.69 Å². The molecule has 0 radical (unpaired) electrons. The van der Waals surface area contributed by atoms with Gasteiger partial charge in [-0.05, 0) is 31.0 Å². The summed E-state index contributed by atoms with van der Waals surface area (Å²) < 4.78 is 0.786. The van der Waals surface area contributed by atoms with Crippen molar-refractivity contribution < 1.29 is 9.90 Å². The Morgan fingerprint density at radius 1 is 1.37 bits per heavy atom. The van der Waals surface area contributed by atoms with Crippen molar-refractivity contribution in [1.29, 1.82) is 0 Å². The number of amides is 1. The first kappa shape index (κ1) is 14.3. The highest BCUT2D eigenvalue weighted by Gasteiger charge is 2.29. The summed E-state index contributed by atoms with van der Waals surface area (Å²) >= 11 is 3.34. The monoisotopic (exact) mass is 326 g/mol. The highest BCUT2D eigenvalue weighted by atomic mass is 79.9. The Labute approximate surface area is 121 Å². The van der Waals surface area contributed by atoms with Gasteiger partial charge in [0.1, 0.15) is 0 Å². The van der Waals surface area contributed by atoms with Gasteiger partial charge in [0.15, 0.2) is 0 Å². The van der Waals surface area contributed by atoms with Crippen LogP contribution in [0.3, 0.4) is 0 Å². The number of carbonyl (C=O) groups excluding carboxylic acids is 1. The maximum absolute atomic E-state index is 12.4. The summed E-state index contributed by atoms with van der Waals surface area (Å²) in [4.78, 5) is 14.1. The molecule has 4 nitrogen and oxygen atoms in total. The van der Waals surface area contributed by atoms with E-state index in [4.69, 9.17) is 5.73 Å². The van der Waals surface area contributed by atoms with Crippen molar-refractivity contribution >= 4 is 27.5 Å². The molecule has 2 atom stereocenters. The lowest BCUT2D eigenvalue weighted by molar-refractivity contribution is 0.0268. The van der Waals surface area contributed by atoms with Gasteiger partial charge in [-0.15, -0.1) is 0 Å². The van der Waals surface area contributed by atoms with Gasteiger partial charge in [0.2, 0.25) is 0 Å². The summed E-state index contributed by atoms with van der Waals surface area (Å²) in [6.07, 6.45) is 3.28. The number of hydrogen-bond acceptors (Lipinski definition) is 3. The number of nitrogen functional groups attached to an aromatic ring is 1. The minimum absolute atomic E-state index is 0.0959. The number of rotatable bonds is 2. The first-order chi connectivity index (χ1) is 8.99. The van der Waals surface area contributed by atoms with Crippen molar-refractivity contribution in [2.45, 2.75) is 37.8 Å². The number of carbonyl (C=O) groups is 1. The lowest BCUT2D eigenvalue weighted by Crippen LogP contribution is -2.46. The largest absolute Gasteiger partial charge is 0.399 e. The van der Waals surface area contributed by atoms with Crippen LogP contribution in [-0.4, -0.2) is 35.1 Å². The standard InChI is InChI=1S/C14H19BrN2O2/c1-17(12-4-2-3-5-13(12)18)14(19)9-6-10(15)8-11(16)7-9/h6-8,12-13,18H,2-5,16H2,1H3. The third-order valence-electron chi connectivity index (χ3n) is 3.68. The summed E-state index contributed by atoms with van der Waals surface area (Å²) in [6, 6.07) is 5.08. The number of benzene rings is 1. The molecular weight excluding hydrogens is 308 g/mol. The van der Waals surface area contributed by atoms with Crippen molar-refractivity contribution in [1.82, 2.24) is 4.90 Å². The Hall–Kier alpha value is -1.07. The smallest absolute Gasteiger partial charge is 0.254 e. The topological polar surface area (TPSA) is 66.6 Å². The Morgan fingerprint density at radius 3 is 2.68 bits per heavy atom. The van der Waals surface area contributed by atoms with Crippen LogP contribution in [0.25, 0.3) is 0 Å². The van der Waals surface area contributed by atoms with Crippen molar-refractivity contribution in [3.63, 3.8) is 0 Å². The molecule has 104 valence electrons. The van der Waals surface area contributed by atoms with Crippen molar-refractivity contribution in [3.8, 4) is 0 Å². The van der Waals surface area contributed by atoms with E-state index in [9.17, 15) is 9.90 Å². The van der Waals surface area contributed by atoms with Gasteiger partial charge in [0.25, 0.3) is 5.91 Å². The van der Waals surface area contributed by atoms with Gasteiger partial charge in [-0.3, -0.25) is 4.79 Å². The van der Waals surface area contributed by atoms with Gasteiger partial charge < -0.3 is 15.7 Å². The molecule has 0 spiro atoms. The molecule has 1 aromatic rings. The molecule has 1 aliphatic carbocycles. The molecule has 0 bridgehead atoms. The van der Waals surface area contributed by atoms with E-state index in [1.54, 1.807) is 30.1 Å². The lowest BCUT2D eigenvalue weighted by Gasteiger charge is -2.35. The van der Waals surface area contributed by atoms with Gasteiger partial charge in [0, 0.05) is 22.8 Å². The molecule has 0 aromatic heterocycles. The number of aliphatic hydroxyl groups is 1. The van der Waals surface area contributed by atoms with Crippen LogP contribution < -0.4 is 5.73 Å². The van der Waals surface area contributed by atoms with Crippen molar-refractivity contribution in [3.05, 3.63) is 28.2 Å². The molecule has 2 rings (SSSR count). The van der Waals surface area contributed by atoms with E-state index in [2.05, 4.69) is 15.9 Å². The van der Waals surface area contributed by atoms with E-state index < -0.39 is 6.10 Å². The SMILES string of the molecule is CN(C(=O)c1cc(N)cc(Br)c1)C1CCCCC1O. The van der Waals surface area contributed by atoms with E-state index in [0.29, 0.717) is 11.3 Å². The minimum atomic E-state index is -0.424. The third kappa shape index (κ3) is 3.28. The van der Waals surface area contributed by atoms with Gasteiger partial charge in [-0.1, -0.05) is 28.8 Å². The van der Waals surface area contributed by atoms with Crippen LogP contribution in [-0.2, 0) is 0 Å². The molecule has 19 heavy (non-hydrogen) atoms. The Kier molecular flexibility index (Phi) is 4.47. The van der Waals surface area contributed by atoms with Gasteiger partial charge in [-0.25, -0.2) is 0 Å². The highest BCUT2D eigenvalue weighted by molar-refractivity contribution is 9.10. The van der Waals surface area contributed by atoms with Crippen molar-refractivity contribution in [2.75, 3.05) is 12.8 Å². The summed E-state index contributed by atoms with van der Waals surface area (Å²) in [7, 11) is 1.75. The summed E-state index contributed by atoms with van der Waals surface area (Å²) in [5, 5.41) is 10.0. The number of anilines is 1. The first-order valence-corrected chi connectivity index (χ1v) is 7.29. The van der Waals surface area contributed by atoms with E-state index in [-0.39, 0.29) is 11.9 Å². The summed E-state index contributed by atoms with van der Waals surface area (Å²) in [6.45, 7) is 0. The zero-order chi connectivity index (χ0) is 14.0. The molecule has 1 aliphatic rings. The van der Waals surface area contributed by atoms with Crippen molar-refractivity contribution in [2.24, 2.45) is 0 Å².